The van der Waals surface area contributed by atoms with Crippen LogP contribution in [0, 0.1) is 11.8 Å². The van der Waals surface area contributed by atoms with Crippen molar-refractivity contribution in [3.05, 3.63) is 120 Å². The van der Waals surface area contributed by atoms with E-state index < -0.39 is 36.1 Å². The van der Waals surface area contributed by atoms with E-state index >= 15 is 0 Å². The van der Waals surface area contributed by atoms with E-state index in [2.05, 4.69) is 32.6 Å². The van der Waals surface area contributed by atoms with Crippen LogP contribution in [0.2, 0.25) is 0 Å². The first-order valence-electron chi connectivity index (χ1n) is 21.0. The lowest BCUT2D eigenvalue weighted by molar-refractivity contribution is -0.136. The van der Waals surface area contributed by atoms with Crippen molar-refractivity contribution in [2.75, 3.05) is 48.6 Å². The Morgan fingerprint density at radius 3 is 1.59 bits per heavy atom. The number of ether oxygens (including phenoxy) is 9. The molecule has 0 saturated heterocycles. The zero-order valence-electron chi connectivity index (χ0n) is 37.4. The van der Waals surface area contributed by atoms with Crippen molar-refractivity contribution in [2.24, 2.45) is 11.8 Å². The van der Waals surface area contributed by atoms with Crippen LogP contribution in [0.1, 0.15) is 84.2 Å². The molecule has 344 valence electrons. The van der Waals surface area contributed by atoms with Gasteiger partial charge in [0.1, 0.15) is 55.0 Å². The summed E-state index contributed by atoms with van der Waals surface area (Å²) < 4.78 is 49.5. The van der Waals surface area contributed by atoms with Crippen LogP contribution in [0.3, 0.4) is 0 Å². The molecule has 0 amide bonds. The molecular weight excluding hydrogens is 813 g/mol. The van der Waals surface area contributed by atoms with Gasteiger partial charge in [-0.05, 0) is 60.8 Å². The first-order chi connectivity index (χ1) is 30.4. The number of carboxylic acid groups (broad SMARTS) is 1. The van der Waals surface area contributed by atoms with Gasteiger partial charge in [-0.3, -0.25) is 0 Å². The van der Waals surface area contributed by atoms with Gasteiger partial charge in [-0.1, -0.05) is 87.2 Å². The molecule has 0 aromatic heterocycles. The normalized spacial score (nSPS) is 23.0. The topological polar surface area (TPSA) is 172 Å². The van der Waals surface area contributed by atoms with E-state index in [0.29, 0.717) is 54.7 Å². The second-order valence-corrected chi connectivity index (χ2v) is 15.0. The van der Waals surface area contributed by atoms with Crippen LogP contribution in [0.5, 0.6) is 11.5 Å². The van der Waals surface area contributed by atoms with Crippen LogP contribution < -0.4 is 9.47 Å². The summed E-state index contributed by atoms with van der Waals surface area (Å²) >= 11 is 0. The number of fused-ring (bicyclic) bond motifs is 2. The highest BCUT2D eigenvalue weighted by molar-refractivity contribution is 5.95. The average molecular weight is 877 g/mol. The van der Waals surface area contributed by atoms with Gasteiger partial charge in [0.25, 0.3) is 0 Å². The fraction of sp³-hybridized carbons (Fsp3) is 0.469. The van der Waals surface area contributed by atoms with Crippen LogP contribution in [0.4, 0.5) is 0 Å². The van der Waals surface area contributed by atoms with E-state index in [1.54, 1.807) is 32.4 Å². The molecule has 0 saturated carbocycles. The third-order valence-electron chi connectivity index (χ3n) is 10.4. The molecule has 2 aromatic rings. The Kier molecular flexibility index (Phi) is 23.8. The van der Waals surface area contributed by atoms with Gasteiger partial charge >= 0.3 is 23.9 Å². The number of esters is 3. The Morgan fingerprint density at radius 2 is 1.17 bits per heavy atom. The number of carbonyl (C=O) groups excluding carboxylic acids is 3. The summed E-state index contributed by atoms with van der Waals surface area (Å²) in [7, 11) is 6.16. The maximum absolute atomic E-state index is 13.2. The molecule has 14 heteroatoms. The van der Waals surface area contributed by atoms with Crippen molar-refractivity contribution < 1.29 is 66.9 Å². The van der Waals surface area contributed by atoms with E-state index in [-0.39, 0.29) is 50.7 Å². The quantitative estimate of drug-likeness (QED) is 0.0563. The van der Waals surface area contributed by atoms with Crippen molar-refractivity contribution in [3.63, 3.8) is 0 Å². The molecule has 2 aliphatic rings. The fourth-order valence-corrected chi connectivity index (χ4v) is 7.03. The first-order valence-corrected chi connectivity index (χ1v) is 21.0. The molecule has 1 N–H and O–H groups in total. The number of allylic oxidation sites excluding steroid dienone is 4. The summed E-state index contributed by atoms with van der Waals surface area (Å²) in [5.74, 6) is -1.26. The summed E-state index contributed by atoms with van der Waals surface area (Å²) in [5.41, 5.74) is 2.45. The molecule has 0 bridgehead atoms. The Bertz CT molecular complexity index is 1880. The van der Waals surface area contributed by atoms with Crippen LogP contribution in [0.15, 0.2) is 97.7 Å². The van der Waals surface area contributed by atoms with Gasteiger partial charge in [0.05, 0.1) is 26.4 Å². The third kappa shape index (κ3) is 18.0. The maximum atomic E-state index is 13.2. The van der Waals surface area contributed by atoms with Crippen LogP contribution in [0.25, 0.3) is 0 Å². The van der Waals surface area contributed by atoms with Gasteiger partial charge < -0.3 is 47.7 Å². The molecule has 0 spiro atoms. The highest BCUT2D eigenvalue weighted by Crippen LogP contribution is 2.30. The van der Waals surface area contributed by atoms with Gasteiger partial charge in [0.15, 0.2) is 0 Å². The SMILES string of the molecule is C=CCOC(=O)/C=C/C[C@H]1C[C@@H](OCOC)[C@@H](C)C/C=C/Cc2cccc(OC)c2C(=O)O1.COCO[C@@H]1C[C@H](C/C=C/C(=O)O)OC(=O)c2c(cccc2OC)C/C=C/C[C@@H]1C. The number of rotatable bonds is 16. The largest absolute Gasteiger partial charge is 0.496 e. The minimum absolute atomic E-state index is 0.126. The Hall–Kier alpha value is -5.54. The smallest absolute Gasteiger partial charge is 0.342 e. The van der Waals surface area contributed by atoms with E-state index in [0.717, 1.165) is 30.0 Å². The monoisotopic (exact) mass is 876 g/mol. The summed E-state index contributed by atoms with van der Waals surface area (Å²) in [6.07, 6.45) is 18.0. The maximum Gasteiger partial charge on any atom is 0.342 e. The molecule has 6 atom stereocenters. The number of aliphatic carboxylic acids is 1. The summed E-state index contributed by atoms with van der Waals surface area (Å²) in [5, 5.41) is 8.89. The third-order valence-corrected chi connectivity index (χ3v) is 10.4. The molecule has 4 rings (SSSR count). The van der Waals surface area contributed by atoms with Gasteiger partial charge in [-0.25, -0.2) is 19.2 Å². The lowest BCUT2D eigenvalue weighted by Crippen LogP contribution is -2.31. The molecule has 0 unspecified atom stereocenters. The molecule has 2 aliphatic heterocycles. The lowest BCUT2D eigenvalue weighted by Gasteiger charge is -2.28. The van der Waals surface area contributed by atoms with E-state index in [1.807, 2.05) is 36.4 Å². The first kappa shape index (κ1) is 51.8. The average Bonchev–Trinajstić information content (AvgIpc) is 3.27. The number of carbonyl (C=O) groups is 4. The second-order valence-electron chi connectivity index (χ2n) is 15.0. The number of methoxy groups -OCH3 is 4. The van der Waals surface area contributed by atoms with Crippen LogP contribution >= 0.6 is 0 Å². The van der Waals surface area contributed by atoms with Crippen LogP contribution in [-0.4, -0.2) is 102 Å². The molecule has 2 heterocycles. The molecule has 0 aliphatic carbocycles. The molecule has 0 radical (unpaired) electrons. The predicted octanol–water partition coefficient (Wildman–Crippen LogP) is 8.18. The van der Waals surface area contributed by atoms with Crippen molar-refractivity contribution in [3.8, 4) is 11.5 Å². The number of hydrogen-bond acceptors (Lipinski definition) is 13. The van der Waals surface area contributed by atoms with Gasteiger partial charge in [0, 0.05) is 52.1 Å². The number of hydrogen-bond donors (Lipinski definition) is 1. The van der Waals surface area contributed by atoms with Gasteiger partial charge in [0.2, 0.25) is 0 Å². The zero-order chi connectivity index (χ0) is 46.0. The minimum Gasteiger partial charge on any atom is -0.496 e. The summed E-state index contributed by atoms with van der Waals surface area (Å²) in [4.78, 5) is 49.0. The molecule has 2 aromatic carbocycles. The summed E-state index contributed by atoms with van der Waals surface area (Å²) in [6.45, 7) is 8.08. The number of cyclic esters (lactones) is 2. The Morgan fingerprint density at radius 1 is 0.714 bits per heavy atom. The fourth-order valence-electron chi connectivity index (χ4n) is 7.03. The summed E-state index contributed by atoms with van der Waals surface area (Å²) in [6, 6.07) is 10.9. The van der Waals surface area contributed by atoms with Gasteiger partial charge in [-0.2, -0.15) is 0 Å². The van der Waals surface area contributed by atoms with Crippen molar-refractivity contribution in [2.45, 2.75) is 89.6 Å². The highest BCUT2D eigenvalue weighted by Gasteiger charge is 2.29. The number of benzene rings is 2. The van der Waals surface area contributed by atoms with Crippen molar-refractivity contribution in [1.29, 1.82) is 0 Å². The highest BCUT2D eigenvalue weighted by atomic mass is 16.7. The lowest BCUT2D eigenvalue weighted by atomic mass is 9.93. The minimum atomic E-state index is -1.05. The number of carboxylic acids is 1. The van der Waals surface area contributed by atoms with Crippen molar-refractivity contribution in [1.82, 2.24) is 0 Å². The van der Waals surface area contributed by atoms with E-state index in [4.69, 9.17) is 47.7 Å². The second kappa shape index (κ2) is 28.9. The van der Waals surface area contributed by atoms with Gasteiger partial charge in [-0.15, -0.1) is 0 Å². The Balaban J connectivity index is 0.000000337. The predicted molar refractivity (Wildman–Crippen MR) is 237 cm³/mol. The molecule has 14 nitrogen and oxygen atoms in total. The van der Waals surface area contributed by atoms with Crippen molar-refractivity contribution >= 4 is 23.9 Å². The van der Waals surface area contributed by atoms with E-state index in [1.165, 1.54) is 32.4 Å². The molecule has 63 heavy (non-hydrogen) atoms. The zero-order valence-corrected chi connectivity index (χ0v) is 37.4. The van der Waals surface area contributed by atoms with Crippen LogP contribution in [-0.2, 0) is 55.6 Å². The molecule has 0 fully saturated rings. The van der Waals surface area contributed by atoms with E-state index in [9.17, 15) is 19.2 Å². The standard InChI is InChI=1S/C26H34O7.C23H30O7/c1-5-16-31-24(27)15-9-13-21-17-23(32-18-29-3)19(2)10-6-7-11-20-12-8-14-22(30-4)25(20)26(28)33-21;1-16-8-4-5-9-17-10-6-12-19(28-3)22(17)23(26)30-18(11-7-13-21(24)25)14-20(16)29-15-27-2/h5-9,12,14-15,19,21,23H,1,10-11,13,16-18H2,2-4H3;4-7,10,12-13,16,18,20H,8-9,11,14-15H2,1-3H3,(H,24,25)/b7-6+,15-9+;5-4+,13-7+/t19-,21-,23+;16-,18-,20+/m00/s1. The molecular formula is C49H64O14. The Labute approximate surface area is 371 Å².